The van der Waals surface area contributed by atoms with Crippen molar-refractivity contribution in [3.8, 4) is 11.5 Å². The van der Waals surface area contributed by atoms with E-state index in [0.717, 1.165) is 6.07 Å². The van der Waals surface area contributed by atoms with E-state index < -0.39 is 5.09 Å². The quantitative estimate of drug-likeness (QED) is 0.475. The monoisotopic (exact) mass is 363 g/mol. The van der Waals surface area contributed by atoms with Gasteiger partial charge in [-0.3, -0.25) is 4.84 Å². The summed E-state index contributed by atoms with van der Waals surface area (Å²) in [5.41, 5.74) is 0. The summed E-state index contributed by atoms with van der Waals surface area (Å²) in [5.74, 6) is -0.0562. The van der Waals surface area contributed by atoms with Gasteiger partial charge in [-0.15, -0.1) is 10.1 Å². The first-order valence-electron chi connectivity index (χ1n) is 2.80. The van der Waals surface area contributed by atoms with Crippen molar-refractivity contribution < 1.29 is 15.0 Å². The Labute approximate surface area is 88.2 Å². The van der Waals surface area contributed by atoms with Crippen molar-refractivity contribution in [3.05, 3.63) is 34.4 Å². The fourth-order valence-corrected chi connectivity index (χ4v) is 0.626. The van der Waals surface area contributed by atoms with Crippen LogP contribution in [-0.4, -0.2) is 37.5 Å². The van der Waals surface area contributed by atoms with Crippen LogP contribution < -0.4 is 4.84 Å². The van der Waals surface area contributed by atoms with Gasteiger partial charge in [-0.1, -0.05) is 6.07 Å². The van der Waals surface area contributed by atoms with Crippen molar-refractivity contribution >= 4 is 27.3 Å². The van der Waals surface area contributed by atoms with E-state index in [0.29, 0.717) is 0 Å². The number of aromatic hydroxyl groups is 1. The number of rotatable bonds is 2. The average molecular weight is 362 g/mol. The van der Waals surface area contributed by atoms with Gasteiger partial charge < -0.3 is 5.11 Å². The number of phenolic OH excluding ortho intramolecular Hbond substituents is 1. The van der Waals surface area contributed by atoms with Crippen molar-refractivity contribution in [1.29, 1.82) is 0 Å². The Balaban J connectivity index is 0.00000121. The predicted octanol–water partition coefficient (Wildman–Crippen LogP) is 0.582. The minimum absolute atomic E-state index is 0. The molecule has 1 N–H and O–H groups in total. The Morgan fingerprint density at radius 3 is 2.67 bits per heavy atom. The molecule has 0 aromatic heterocycles. The maximum atomic E-state index is 9.78. The largest absolute Gasteiger partial charge is 0.508 e. The SMILES string of the molecule is O=[N+]([O-])Oc1cccc(O)c1.[Pb]. The molecule has 1 aromatic rings. The van der Waals surface area contributed by atoms with Crippen LogP contribution in [0.5, 0.6) is 11.5 Å². The predicted molar refractivity (Wildman–Crippen MR) is 41.5 cm³/mol. The molecular weight excluding hydrogens is 357 g/mol. The van der Waals surface area contributed by atoms with Crippen molar-refractivity contribution in [2.24, 2.45) is 0 Å². The average Bonchev–Trinajstić information content (AvgIpc) is 1.85. The van der Waals surface area contributed by atoms with Crippen LogP contribution in [0, 0.1) is 10.1 Å². The molecule has 0 unspecified atom stereocenters. The van der Waals surface area contributed by atoms with Gasteiger partial charge in [0, 0.05) is 33.4 Å². The van der Waals surface area contributed by atoms with E-state index in [4.69, 9.17) is 5.11 Å². The van der Waals surface area contributed by atoms with Gasteiger partial charge in [-0.25, -0.2) is 0 Å². The maximum absolute atomic E-state index is 9.78. The first kappa shape index (κ1) is 11.1. The second kappa shape index (κ2) is 4.91. The molecule has 0 atom stereocenters. The molecule has 0 fully saturated rings. The molecule has 0 aliphatic heterocycles. The number of benzene rings is 1. The van der Waals surface area contributed by atoms with Crippen LogP contribution in [0.2, 0.25) is 0 Å². The molecule has 1 rings (SSSR count). The first-order valence-corrected chi connectivity index (χ1v) is 2.80. The molecule has 12 heavy (non-hydrogen) atoms. The normalized spacial score (nSPS) is 8.33. The van der Waals surface area contributed by atoms with Gasteiger partial charge in [0.05, 0.1) is 0 Å². The van der Waals surface area contributed by atoms with Crippen LogP contribution >= 0.6 is 0 Å². The van der Waals surface area contributed by atoms with Crippen LogP contribution in [0.15, 0.2) is 24.3 Å². The zero-order valence-corrected chi connectivity index (χ0v) is 9.82. The van der Waals surface area contributed by atoms with E-state index in [2.05, 4.69) is 4.84 Å². The van der Waals surface area contributed by atoms with Gasteiger partial charge >= 0.3 is 0 Å². The van der Waals surface area contributed by atoms with Gasteiger partial charge in [0.2, 0.25) is 0 Å². The molecule has 0 heterocycles. The van der Waals surface area contributed by atoms with Crippen molar-refractivity contribution in [3.63, 3.8) is 0 Å². The minimum Gasteiger partial charge on any atom is -0.508 e. The molecule has 0 aliphatic carbocycles. The topological polar surface area (TPSA) is 72.6 Å². The van der Waals surface area contributed by atoms with Crippen molar-refractivity contribution in [2.45, 2.75) is 0 Å². The molecular formula is C6H5NO4Pb. The van der Waals surface area contributed by atoms with Crippen LogP contribution in [0.25, 0.3) is 0 Å². The summed E-state index contributed by atoms with van der Waals surface area (Å²) in [6, 6.07) is 5.38. The molecule has 0 saturated carbocycles. The Bertz CT molecular complexity index is 278. The van der Waals surface area contributed by atoms with Gasteiger partial charge in [0.1, 0.15) is 11.5 Å². The molecule has 6 heteroatoms. The number of hydrogen-bond acceptors (Lipinski definition) is 4. The maximum Gasteiger partial charge on any atom is 0.299 e. The molecule has 62 valence electrons. The van der Waals surface area contributed by atoms with Crippen molar-refractivity contribution in [2.75, 3.05) is 0 Å². The Hall–Kier alpha value is -0.858. The fraction of sp³-hybridized carbons (Fsp3) is 0. The molecule has 0 aliphatic rings. The minimum atomic E-state index is -0.936. The Morgan fingerprint density at radius 1 is 1.50 bits per heavy atom. The summed E-state index contributed by atoms with van der Waals surface area (Å²) >= 11 is 0. The third kappa shape index (κ3) is 3.51. The van der Waals surface area contributed by atoms with E-state index in [1.165, 1.54) is 18.2 Å². The van der Waals surface area contributed by atoms with Gasteiger partial charge in [-0.2, -0.15) is 0 Å². The molecule has 0 amide bonds. The van der Waals surface area contributed by atoms with Gasteiger partial charge in [0.25, 0.3) is 5.09 Å². The Morgan fingerprint density at radius 2 is 2.17 bits per heavy atom. The van der Waals surface area contributed by atoms with Crippen LogP contribution in [0.4, 0.5) is 0 Å². The first-order chi connectivity index (χ1) is 5.18. The Kier molecular flexibility index (Phi) is 4.56. The summed E-state index contributed by atoms with van der Waals surface area (Å²) in [5, 5.41) is 17.7. The third-order valence-corrected chi connectivity index (χ3v) is 0.998. The van der Waals surface area contributed by atoms with Crippen LogP contribution in [0.3, 0.4) is 0 Å². The van der Waals surface area contributed by atoms with Gasteiger partial charge in [0.15, 0.2) is 0 Å². The molecule has 0 saturated heterocycles. The molecule has 0 spiro atoms. The van der Waals surface area contributed by atoms with E-state index in [1.54, 1.807) is 0 Å². The summed E-state index contributed by atoms with van der Waals surface area (Å²) in [6.07, 6.45) is 0. The summed E-state index contributed by atoms with van der Waals surface area (Å²) < 4.78 is 0. The second-order valence-corrected chi connectivity index (χ2v) is 1.81. The van der Waals surface area contributed by atoms with Gasteiger partial charge in [-0.05, 0) is 12.1 Å². The summed E-state index contributed by atoms with van der Waals surface area (Å²) in [6.45, 7) is 0. The third-order valence-electron chi connectivity index (χ3n) is 0.998. The second-order valence-electron chi connectivity index (χ2n) is 1.81. The zero-order chi connectivity index (χ0) is 8.27. The zero-order valence-electron chi connectivity index (χ0n) is 5.93. The standard InChI is InChI=1S/C6H5NO4.Pb/c8-5-2-1-3-6(4-5)11-7(9)10;/h1-4,8H;. The summed E-state index contributed by atoms with van der Waals surface area (Å²) in [7, 11) is 0. The number of hydrogen-bond donors (Lipinski definition) is 1. The molecule has 5 nitrogen and oxygen atoms in total. The van der Waals surface area contributed by atoms with Crippen molar-refractivity contribution in [1.82, 2.24) is 0 Å². The fourth-order valence-electron chi connectivity index (χ4n) is 0.626. The molecule has 4 radical (unpaired) electrons. The van der Waals surface area contributed by atoms with Crippen LogP contribution in [-0.2, 0) is 0 Å². The smallest absolute Gasteiger partial charge is 0.299 e. The number of nitrogens with zero attached hydrogens (tertiary/aromatic N) is 1. The van der Waals surface area contributed by atoms with E-state index in [1.807, 2.05) is 0 Å². The van der Waals surface area contributed by atoms with Crippen LogP contribution in [0.1, 0.15) is 0 Å². The van der Waals surface area contributed by atoms with E-state index >= 15 is 0 Å². The molecule has 1 aromatic carbocycles. The van der Waals surface area contributed by atoms with E-state index in [9.17, 15) is 10.1 Å². The molecule has 0 bridgehead atoms. The summed E-state index contributed by atoms with van der Waals surface area (Å²) in [4.78, 5) is 13.8. The van der Waals surface area contributed by atoms with E-state index in [-0.39, 0.29) is 38.8 Å². The number of phenols is 1.